The molecule has 1 amide bonds. The number of hydrogen-bond acceptors (Lipinski definition) is 6. The monoisotopic (exact) mass is 568 g/mol. The summed E-state index contributed by atoms with van der Waals surface area (Å²) in [7, 11) is 0. The molecule has 1 saturated heterocycles. The van der Waals surface area contributed by atoms with E-state index in [1.54, 1.807) is 12.1 Å². The van der Waals surface area contributed by atoms with Crippen LogP contribution in [0.4, 0.5) is 23.7 Å². The molecule has 1 aliphatic heterocycles. The Morgan fingerprint density at radius 2 is 1.66 bits per heavy atom. The summed E-state index contributed by atoms with van der Waals surface area (Å²) in [6, 6.07) is 21.7. The number of nitro groups is 1. The fourth-order valence-corrected chi connectivity index (χ4v) is 5.93. The zero-order chi connectivity index (χ0) is 29.0. The van der Waals surface area contributed by atoms with Gasteiger partial charge in [-0.15, -0.1) is 0 Å². The van der Waals surface area contributed by atoms with Crippen molar-refractivity contribution in [2.45, 2.75) is 37.1 Å². The van der Waals surface area contributed by atoms with Crippen LogP contribution >= 0.6 is 0 Å². The molecule has 0 radical (unpaired) electrons. The molecule has 0 spiro atoms. The summed E-state index contributed by atoms with van der Waals surface area (Å²) >= 11 is 0. The van der Waals surface area contributed by atoms with E-state index in [1.807, 2.05) is 53.8 Å². The maximum Gasteiger partial charge on any atom is 0.408 e. The summed E-state index contributed by atoms with van der Waals surface area (Å²) < 4.78 is 44.4. The number of halogens is 3. The summed E-state index contributed by atoms with van der Waals surface area (Å²) in [6.45, 7) is 1.59. The van der Waals surface area contributed by atoms with E-state index in [0.29, 0.717) is 19.4 Å². The Kier molecular flexibility index (Phi) is 8.27. The van der Waals surface area contributed by atoms with Gasteiger partial charge in [0.05, 0.1) is 4.92 Å². The highest BCUT2D eigenvalue weighted by atomic mass is 19.4. The molecule has 1 unspecified atom stereocenters. The number of rotatable bonds is 9. The Morgan fingerprint density at radius 3 is 2.27 bits per heavy atom. The first kappa shape index (κ1) is 28.6. The lowest BCUT2D eigenvalue weighted by molar-refractivity contribution is -0.384. The van der Waals surface area contributed by atoms with Crippen LogP contribution in [0.15, 0.2) is 72.8 Å². The van der Waals surface area contributed by atoms with Crippen molar-refractivity contribution in [1.29, 1.82) is 0 Å². The third kappa shape index (κ3) is 6.20. The molecule has 2 N–H and O–H groups in total. The number of nitrogens with zero attached hydrogens (tertiary/aromatic N) is 2. The maximum absolute atomic E-state index is 12.8. The molecule has 11 heteroatoms. The number of carbonyl (C=O) groups is 1. The zero-order valence-electron chi connectivity index (χ0n) is 22.3. The quantitative estimate of drug-likeness (QED) is 0.189. The molecule has 0 aromatic heterocycles. The van der Waals surface area contributed by atoms with E-state index in [2.05, 4.69) is 10.2 Å². The molecule has 2 aliphatic rings. The molecule has 41 heavy (non-hydrogen) atoms. The van der Waals surface area contributed by atoms with Gasteiger partial charge in [-0.25, -0.2) is 4.79 Å². The average Bonchev–Trinajstić information content (AvgIpc) is 3.24. The van der Waals surface area contributed by atoms with Gasteiger partial charge in [0.15, 0.2) is 5.60 Å². The number of unbranched alkanes of at least 4 members (excludes halogenated alkanes) is 1. The molecule has 8 nitrogen and oxygen atoms in total. The van der Waals surface area contributed by atoms with Crippen LogP contribution in [-0.2, 0) is 10.3 Å². The molecule has 1 heterocycles. The Hall–Kier alpha value is -3.96. The van der Waals surface area contributed by atoms with Crippen molar-refractivity contribution in [3.05, 3.63) is 99.6 Å². The van der Waals surface area contributed by atoms with Gasteiger partial charge in [0, 0.05) is 48.9 Å². The predicted molar refractivity (Wildman–Crippen MR) is 147 cm³/mol. The van der Waals surface area contributed by atoms with Crippen molar-refractivity contribution in [3.8, 4) is 11.1 Å². The number of ether oxygens (including phenoxy) is 1. The van der Waals surface area contributed by atoms with Crippen LogP contribution in [0.2, 0.25) is 0 Å². The molecular weight excluding hydrogens is 537 g/mol. The Balaban J connectivity index is 1.33. The van der Waals surface area contributed by atoms with E-state index in [4.69, 9.17) is 4.74 Å². The number of hydrogen-bond donors (Lipinski definition) is 2. The number of alkyl halides is 3. The minimum absolute atomic E-state index is 0.0470. The van der Waals surface area contributed by atoms with Crippen LogP contribution in [0.5, 0.6) is 0 Å². The number of piperazine rings is 1. The van der Waals surface area contributed by atoms with Gasteiger partial charge in [-0.1, -0.05) is 60.7 Å². The molecule has 5 rings (SSSR count). The van der Waals surface area contributed by atoms with Crippen LogP contribution < -0.4 is 10.6 Å². The molecule has 216 valence electrons. The largest absolute Gasteiger partial charge is 0.433 e. The summed E-state index contributed by atoms with van der Waals surface area (Å²) in [5.74, 6) is 0. The van der Waals surface area contributed by atoms with Gasteiger partial charge in [0.2, 0.25) is 0 Å². The molecule has 0 saturated carbocycles. The highest BCUT2D eigenvalue weighted by molar-refractivity contribution is 5.82. The number of amides is 1. The van der Waals surface area contributed by atoms with Crippen molar-refractivity contribution >= 4 is 11.8 Å². The highest BCUT2D eigenvalue weighted by Gasteiger charge is 2.46. The van der Waals surface area contributed by atoms with E-state index in [9.17, 15) is 28.1 Å². The normalized spacial score (nSPS) is 17.9. The third-order valence-electron chi connectivity index (χ3n) is 7.78. The molecule has 3 aromatic rings. The molecule has 1 fully saturated rings. The van der Waals surface area contributed by atoms with Crippen molar-refractivity contribution in [2.75, 3.05) is 32.7 Å². The SMILES string of the molecule is O=C(NCC(F)(F)F)OC1(CCCCN2CCNCC2c2ccc([N+](=O)[O-])cc2)c2ccccc2-c2ccccc21. The standard InChI is InChI=1S/C30H31F3N4O4/c31-30(32,33)20-35-28(38)41-29(25-9-3-1-7-23(25)24-8-2-4-10-26(24)29)15-5-6-17-36-18-16-34-19-27(36)21-11-13-22(14-12-21)37(39)40/h1-4,7-14,27,34H,5-6,15-20H2,(H,35,38). The zero-order valence-corrected chi connectivity index (χ0v) is 22.3. The minimum atomic E-state index is -4.55. The lowest BCUT2D eigenvalue weighted by atomic mass is 9.86. The van der Waals surface area contributed by atoms with Crippen molar-refractivity contribution < 1.29 is 27.6 Å². The van der Waals surface area contributed by atoms with Crippen LogP contribution in [0.1, 0.15) is 42.0 Å². The summed E-state index contributed by atoms with van der Waals surface area (Å²) in [4.78, 5) is 25.7. The lowest BCUT2D eigenvalue weighted by Gasteiger charge is -2.37. The first-order valence-electron chi connectivity index (χ1n) is 13.6. The van der Waals surface area contributed by atoms with Crippen LogP contribution in [0.3, 0.4) is 0 Å². The second kappa shape index (κ2) is 11.9. The van der Waals surface area contributed by atoms with Gasteiger partial charge in [0.25, 0.3) is 5.69 Å². The average molecular weight is 569 g/mol. The Labute approximate surface area is 235 Å². The van der Waals surface area contributed by atoms with Gasteiger partial charge >= 0.3 is 12.3 Å². The number of alkyl carbamates (subject to hydrolysis) is 1. The predicted octanol–water partition coefficient (Wildman–Crippen LogP) is 5.92. The smallest absolute Gasteiger partial charge is 0.408 e. The van der Waals surface area contributed by atoms with E-state index in [0.717, 1.165) is 53.9 Å². The number of nitro benzene ring substituents is 1. The fourth-order valence-electron chi connectivity index (χ4n) is 5.93. The van der Waals surface area contributed by atoms with E-state index in [-0.39, 0.29) is 11.7 Å². The van der Waals surface area contributed by atoms with Gasteiger partial charge < -0.3 is 15.4 Å². The van der Waals surface area contributed by atoms with Crippen LogP contribution in [-0.4, -0.2) is 54.8 Å². The third-order valence-corrected chi connectivity index (χ3v) is 7.78. The Bertz CT molecular complexity index is 1350. The molecule has 1 aliphatic carbocycles. The number of nitrogens with one attached hydrogen (secondary N) is 2. The summed E-state index contributed by atoms with van der Waals surface area (Å²) in [5, 5.41) is 16.3. The lowest BCUT2D eigenvalue weighted by Crippen LogP contribution is -2.46. The van der Waals surface area contributed by atoms with E-state index < -0.39 is 29.3 Å². The number of benzene rings is 3. The summed E-state index contributed by atoms with van der Waals surface area (Å²) in [5.41, 5.74) is 3.13. The minimum Gasteiger partial charge on any atom is -0.433 e. The van der Waals surface area contributed by atoms with Gasteiger partial charge in [-0.2, -0.15) is 13.2 Å². The van der Waals surface area contributed by atoms with E-state index >= 15 is 0 Å². The maximum atomic E-state index is 12.8. The van der Waals surface area contributed by atoms with Crippen molar-refractivity contribution in [2.24, 2.45) is 0 Å². The molecule has 0 bridgehead atoms. The van der Waals surface area contributed by atoms with Gasteiger partial charge in [0.1, 0.15) is 6.54 Å². The van der Waals surface area contributed by atoms with Crippen molar-refractivity contribution in [1.82, 2.24) is 15.5 Å². The first-order valence-corrected chi connectivity index (χ1v) is 13.6. The molecule has 1 atom stereocenters. The second-order valence-corrected chi connectivity index (χ2v) is 10.3. The first-order chi connectivity index (χ1) is 19.7. The molecular formula is C30H31F3N4O4. The summed E-state index contributed by atoms with van der Waals surface area (Å²) in [6.07, 6.45) is -3.88. The van der Waals surface area contributed by atoms with E-state index in [1.165, 1.54) is 12.1 Å². The fraction of sp³-hybridized carbons (Fsp3) is 0.367. The van der Waals surface area contributed by atoms with Crippen LogP contribution in [0, 0.1) is 10.1 Å². The second-order valence-electron chi connectivity index (χ2n) is 10.3. The van der Waals surface area contributed by atoms with Crippen LogP contribution in [0.25, 0.3) is 11.1 Å². The van der Waals surface area contributed by atoms with Crippen molar-refractivity contribution in [3.63, 3.8) is 0 Å². The van der Waals surface area contributed by atoms with Gasteiger partial charge in [-0.3, -0.25) is 15.0 Å². The number of non-ortho nitro benzene ring substituents is 1. The highest BCUT2D eigenvalue weighted by Crippen LogP contribution is 2.52. The van der Waals surface area contributed by atoms with Gasteiger partial charge in [-0.05, 0) is 42.5 Å². The Morgan fingerprint density at radius 1 is 1.02 bits per heavy atom. The topological polar surface area (TPSA) is 96.7 Å². The number of carbonyl (C=O) groups excluding carboxylic acids is 1. The number of fused-ring (bicyclic) bond motifs is 3. The molecule has 3 aromatic carbocycles.